The van der Waals surface area contributed by atoms with E-state index >= 15 is 0 Å². The molecule has 0 unspecified atom stereocenters. The molecular weight excluding hydrogens is 306 g/mol. The molecule has 3 aromatic heterocycles. The zero-order chi connectivity index (χ0) is 15.8. The van der Waals surface area contributed by atoms with Crippen LogP contribution in [0.5, 0.6) is 0 Å². The van der Waals surface area contributed by atoms with Gasteiger partial charge in [0.05, 0.1) is 16.8 Å². The van der Waals surface area contributed by atoms with Crippen molar-refractivity contribution in [1.29, 1.82) is 0 Å². The SMILES string of the molecule is Cc1c(-c2ccnc(N)n2)sc2ccc(Cc3cn[nH]c3)cc12. The smallest absolute Gasteiger partial charge is 0.220 e. The highest BCUT2D eigenvalue weighted by molar-refractivity contribution is 7.22. The van der Waals surface area contributed by atoms with E-state index in [0.717, 1.165) is 17.0 Å². The topological polar surface area (TPSA) is 80.5 Å². The number of H-pyrrole nitrogens is 1. The number of thiophene rings is 1. The van der Waals surface area contributed by atoms with Gasteiger partial charge in [-0.15, -0.1) is 11.3 Å². The van der Waals surface area contributed by atoms with Gasteiger partial charge < -0.3 is 5.73 Å². The average molecular weight is 321 g/mol. The fraction of sp³-hybridized carbons (Fsp3) is 0.118. The molecule has 0 saturated carbocycles. The van der Waals surface area contributed by atoms with Gasteiger partial charge in [0.15, 0.2) is 0 Å². The number of hydrogen-bond acceptors (Lipinski definition) is 5. The summed E-state index contributed by atoms with van der Waals surface area (Å²) in [7, 11) is 0. The van der Waals surface area contributed by atoms with E-state index in [4.69, 9.17) is 5.73 Å². The van der Waals surface area contributed by atoms with E-state index in [-0.39, 0.29) is 0 Å². The first-order valence-electron chi connectivity index (χ1n) is 7.29. The quantitative estimate of drug-likeness (QED) is 0.604. The van der Waals surface area contributed by atoms with Crippen LogP contribution in [-0.4, -0.2) is 20.2 Å². The van der Waals surface area contributed by atoms with Crippen LogP contribution >= 0.6 is 11.3 Å². The van der Waals surface area contributed by atoms with Crippen LogP contribution in [0.2, 0.25) is 0 Å². The van der Waals surface area contributed by atoms with Gasteiger partial charge in [0.25, 0.3) is 0 Å². The maximum Gasteiger partial charge on any atom is 0.220 e. The van der Waals surface area contributed by atoms with Gasteiger partial charge in [-0.1, -0.05) is 6.07 Å². The van der Waals surface area contributed by atoms with Crippen LogP contribution in [0.1, 0.15) is 16.7 Å². The number of aromatic nitrogens is 4. The lowest BCUT2D eigenvalue weighted by molar-refractivity contribution is 1.09. The number of nitrogen functional groups attached to an aromatic ring is 1. The van der Waals surface area contributed by atoms with Gasteiger partial charge in [-0.05, 0) is 47.2 Å². The Bertz CT molecular complexity index is 972. The molecule has 3 heterocycles. The molecule has 6 heteroatoms. The summed E-state index contributed by atoms with van der Waals surface area (Å²) in [5.74, 6) is 0.306. The minimum absolute atomic E-state index is 0.306. The van der Waals surface area contributed by atoms with Gasteiger partial charge >= 0.3 is 0 Å². The fourth-order valence-corrected chi connectivity index (χ4v) is 3.89. The van der Waals surface area contributed by atoms with Crippen molar-refractivity contribution in [3.8, 4) is 10.6 Å². The first-order valence-corrected chi connectivity index (χ1v) is 8.11. The largest absolute Gasteiger partial charge is 0.368 e. The second-order valence-electron chi connectivity index (χ2n) is 5.47. The van der Waals surface area contributed by atoms with E-state index in [0.29, 0.717) is 5.95 Å². The number of nitrogens with one attached hydrogen (secondary N) is 1. The third-order valence-corrected chi connectivity index (χ3v) is 5.17. The lowest BCUT2D eigenvalue weighted by Crippen LogP contribution is -1.94. The van der Waals surface area contributed by atoms with Crippen molar-refractivity contribution in [1.82, 2.24) is 20.2 Å². The summed E-state index contributed by atoms with van der Waals surface area (Å²) < 4.78 is 1.26. The Morgan fingerprint density at radius 2 is 2.13 bits per heavy atom. The number of nitrogens with zero attached hydrogens (tertiary/aromatic N) is 3. The van der Waals surface area contributed by atoms with Gasteiger partial charge in [0.2, 0.25) is 5.95 Å². The number of rotatable bonds is 3. The molecule has 3 N–H and O–H groups in total. The zero-order valence-electron chi connectivity index (χ0n) is 12.6. The van der Waals surface area contributed by atoms with Gasteiger partial charge in [0.1, 0.15) is 0 Å². The fourth-order valence-electron chi connectivity index (χ4n) is 2.73. The number of benzene rings is 1. The second kappa shape index (κ2) is 5.48. The maximum atomic E-state index is 5.71. The van der Waals surface area contributed by atoms with Crippen LogP contribution in [-0.2, 0) is 6.42 Å². The summed E-state index contributed by atoms with van der Waals surface area (Å²) in [6.07, 6.45) is 6.36. The van der Waals surface area contributed by atoms with Crippen LogP contribution < -0.4 is 5.73 Å². The highest BCUT2D eigenvalue weighted by atomic mass is 32.1. The molecule has 1 aromatic carbocycles. The number of fused-ring (bicyclic) bond motifs is 1. The normalized spacial score (nSPS) is 11.2. The number of hydrogen-bond donors (Lipinski definition) is 2. The van der Waals surface area contributed by atoms with E-state index in [1.165, 1.54) is 26.8 Å². The van der Waals surface area contributed by atoms with Crippen molar-refractivity contribution < 1.29 is 0 Å². The van der Waals surface area contributed by atoms with Crippen LogP contribution in [0.15, 0.2) is 42.9 Å². The van der Waals surface area contributed by atoms with Crippen molar-refractivity contribution in [2.24, 2.45) is 0 Å². The molecule has 0 bridgehead atoms. The molecule has 5 nitrogen and oxygen atoms in total. The molecule has 0 aliphatic rings. The minimum atomic E-state index is 0.306. The van der Waals surface area contributed by atoms with Gasteiger partial charge in [-0.3, -0.25) is 5.10 Å². The molecule has 0 saturated heterocycles. The predicted octanol–water partition coefficient (Wildman–Crippen LogP) is 3.56. The van der Waals surface area contributed by atoms with Gasteiger partial charge in [-0.2, -0.15) is 5.10 Å². The first kappa shape index (κ1) is 13.9. The van der Waals surface area contributed by atoms with Crippen molar-refractivity contribution >= 4 is 27.4 Å². The Balaban J connectivity index is 1.78. The molecule has 0 aliphatic heterocycles. The molecule has 0 spiro atoms. The summed E-state index contributed by atoms with van der Waals surface area (Å²) >= 11 is 1.74. The van der Waals surface area contributed by atoms with E-state index < -0.39 is 0 Å². The Morgan fingerprint density at radius 3 is 2.91 bits per heavy atom. The molecule has 4 aromatic rings. The third kappa shape index (κ3) is 2.57. The van der Waals surface area contributed by atoms with E-state index in [2.05, 4.69) is 45.3 Å². The zero-order valence-corrected chi connectivity index (χ0v) is 13.4. The molecule has 23 heavy (non-hydrogen) atoms. The van der Waals surface area contributed by atoms with Crippen molar-refractivity contribution in [2.75, 3.05) is 5.73 Å². The first-order chi connectivity index (χ1) is 11.2. The molecule has 0 amide bonds. The van der Waals surface area contributed by atoms with Crippen LogP contribution in [0.25, 0.3) is 20.7 Å². The summed E-state index contributed by atoms with van der Waals surface area (Å²) in [4.78, 5) is 9.46. The van der Waals surface area contributed by atoms with E-state index in [9.17, 15) is 0 Å². The molecule has 114 valence electrons. The number of aryl methyl sites for hydroxylation is 1. The van der Waals surface area contributed by atoms with E-state index in [1.807, 2.05) is 18.5 Å². The average Bonchev–Trinajstić information content (AvgIpc) is 3.16. The van der Waals surface area contributed by atoms with Gasteiger partial charge in [-0.25, -0.2) is 9.97 Å². The van der Waals surface area contributed by atoms with Gasteiger partial charge in [0, 0.05) is 23.5 Å². The highest BCUT2D eigenvalue weighted by Crippen LogP contribution is 2.37. The number of aromatic amines is 1. The van der Waals surface area contributed by atoms with Crippen molar-refractivity contribution in [3.05, 3.63) is 59.5 Å². The maximum absolute atomic E-state index is 5.71. The molecule has 0 aliphatic carbocycles. The highest BCUT2D eigenvalue weighted by Gasteiger charge is 2.12. The molecule has 0 radical (unpaired) electrons. The van der Waals surface area contributed by atoms with Crippen molar-refractivity contribution in [2.45, 2.75) is 13.3 Å². The van der Waals surface area contributed by atoms with E-state index in [1.54, 1.807) is 17.5 Å². The van der Waals surface area contributed by atoms with Crippen LogP contribution in [0, 0.1) is 6.92 Å². The molecule has 4 rings (SSSR count). The summed E-state index contributed by atoms with van der Waals surface area (Å²) in [5, 5.41) is 8.12. The Morgan fingerprint density at radius 1 is 1.22 bits per heavy atom. The lowest BCUT2D eigenvalue weighted by Gasteiger charge is -2.01. The second-order valence-corrected chi connectivity index (χ2v) is 6.52. The van der Waals surface area contributed by atoms with Crippen LogP contribution in [0.3, 0.4) is 0 Å². The van der Waals surface area contributed by atoms with Crippen molar-refractivity contribution in [3.63, 3.8) is 0 Å². The Hall–Kier alpha value is -2.73. The monoisotopic (exact) mass is 321 g/mol. The lowest BCUT2D eigenvalue weighted by atomic mass is 10.0. The Labute approximate surface area is 137 Å². The summed E-state index contributed by atoms with van der Waals surface area (Å²) in [5.41, 5.74) is 10.3. The molecular formula is C17H15N5S. The van der Waals surface area contributed by atoms with Crippen LogP contribution in [0.4, 0.5) is 5.95 Å². The third-order valence-electron chi connectivity index (χ3n) is 3.87. The predicted molar refractivity (Wildman–Crippen MR) is 93.4 cm³/mol. The summed E-state index contributed by atoms with van der Waals surface area (Å²) in [6, 6.07) is 8.50. The molecule has 0 fully saturated rings. The number of nitrogens with two attached hydrogens (primary N) is 1. The number of anilines is 1. The standard InChI is InChI=1S/C17H15N5S/c1-10-13-7-11(6-12-8-20-21-9-12)2-3-15(13)23-16(10)14-4-5-19-17(18)22-14/h2-5,7-9H,6H2,1H3,(H,20,21)(H2,18,19,22). The molecule has 0 atom stereocenters. The summed E-state index contributed by atoms with van der Waals surface area (Å²) in [6.45, 7) is 2.13. The minimum Gasteiger partial charge on any atom is -0.368 e. The Kier molecular flexibility index (Phi) is 3.31.